The van der Waals surface area contributed by atoms with Crippen LogP contribution < -0.4 is 15.2 Å². The molecule has 192 valence electrons. The molecule has 1 saturated carbocycles. The van der Waals surface area contributed by atoms with Crippen LogP contribution in [0.25, 0.3) is 10.9 Å². The highest BCUT2D eigenvalue weighted by Crippen LogP contribution is 2.35. The second-order valence-electron chi connectivity index (χ2n) is 10.2. The Balaban J connectivity index is 1.38. The molecule has 37 heavy (non-hydrogen) atoms. The fourth-order valence-electron chi connectivity index (χ4n) is 5.94. The summed E-state index contributed by atoms with van der Waals surface area (Å²) in [6, 6.07) is 16.3. The predicted molar refractivity (Wildman–Crippen MR) is 143 cm³/mol. The molecule has 3 heterocycles. The zero-order valence-corrected chi connectivity index (χ0v) is 21.4. The average Bonchev–Trinajstić information content (AvgIpc) is 3.62. The molecule has 2 aliphatic rings. The van der Waals surface area contributed by atoms with Crippen LogP contribution in [0, 0.1) is 6.92 Å². The number of ether oxygens (including phenoxy) is 1. The maximum absolute atomic E-state index is 13.5. The predicted octanol–water partition coefficient (Wildman–Crippen LogP) is 3.86. The number of H-pyrrole nitrogens is 1. The Hall–Kier alpha value is -3.72. The number of aryl methyl sites for hydroxylation is 1. The SMILES string of the molecule is COc1ccccc1N1CCN([C@H](c2cc3ccc(C)cc3[nH]c2=O)c2nnnn2C2CCCC2)CC1. The third kappa shape index (κ3) is 4.48. The third-order valence-corrected chi connectivity index (χ3v) is 7.86. The van der Waals surface area contributed by atoms with Crippen molar-refractivity contribution in [3.05, 3.63) is 75.8 Å². The minimum Gasteiger partial charge on any atom is -0.495 e. The van der Waals surface area contributed by atoms with Crippen LogP contribution in [0.1, 0.15) is 54.7 Å². The highest BCUT2D eigenvalue weighted by atomic mass is 16.5. The van der Waals surface area contributed by atoms with Gasteiger partial charge in [-0.25, -0.2) is 4.68 Å². The lowest BCUT2D eigenvalue weighted by Crippen LogP contribution is -2.49. The standard InChI is InChI=1S/C28H33N7O2/c1-19-11-12-20-18-22(28(36)29-23(20)17-19)26(27-30-31-32-35(27)21-7-3-4-8-21)34-15-13-33(14-16-34)24-9-5-6-10-25(24)37-2/h5-6,9-12,17-18,21,26H,3-4,7-8,13-16H2,1-2H3,(H,29,36)/t26-/m1/s1. The first-order valence-electron chi connectivity index (χ1n) is 13.2. The molecule has 9 nitrogen and oxygen atoms in total. The molecule has 0 radical (unpaired) electrons. The third-order valence-electron chi connectivity index (χ3n) is 7.86. The largest absolute Gasteiger partial charge is 0.495 e. The molecule has 1 aliphatic heterocycles. The Morgan fingerprint density at radius 1 is 1.03 bits per heavy atom. The zero-order chi connectivity index (χ0) is 25.4. The fraction of sp³-hybridized carbons (Fsp3) is 0.429. The quantitative estimate of drug-likeness (QED) is 0.431. The Morgan fingerprint density at radius 2 is 1.81 bits per heavy atom. The summed E-state index contributed by atoms with van der Waals surface area (Å²) in [6.07, 6.45) is 4.50. The Morgan fingerprint density at radius 3 is 2.59 bits per heavy atom. The van der Waals surface area contributed by atoms with Gasteiger partial charge in [-0.05, 0) is 65.4 Å². The maximum atomic E-state index is 13.5. The molecule has 0 amide bonds. The van der Waals surface area contributed by atoms with Gasteiger partial charge in [0.25, 0.3) is 5.56 Å². The summed E-state index contributed by atoms with van der Waals surface area (Å²) in [5.41, 5.74) is 3.66. The molecule has 1 aliphatic carbocycles. The van der Waals surface area contributed by atoms with E-state index in [4.69, 9.17) is 4.74 Å². The van der Waals surface area contributed by atoms with Crippen LogP contribution in [0.4, 0.5) is 5.69 Å². The maximum Gasteiger partial charge on any atom is 0.253 e. The van der Waals surface area contributed by atoms with Crippen molar-refractivity contribution < 1.29 is 4.74 Å². The van der Waals surface area contributed by atoms with E-state index in [1.807, 2.05) is 41.9 Å². The zero-order valence-electron chi connectivity index (χ0n) is 21.4. The van der Waals surface area contributed by atoms with Crippen LogP contribution in [0.5, 0.6) is 5.75 Å². The second kappa shape index (κ2) is 9.97. The van der Waals surface area contributed by atoms with Gasteiger partial charge < -0.3 is 14.6 Å². The topological polar surface area (TPSA) is 92.2 Å². The molecule has 1 atom stereocenters. The lowest BCUT2D eigenvalue weighted by Gasteiger charge is -2.40. The van der Waals surface area contributed by atoms with Crippen LogP contribution in [0.15, 0.2) is 53.3 Å². The van der Waals surface area contributed by atoms with Crippen molar-refractivity contribution in [3.63, 3.8) is 0 Å². The van der Waals surface area contributed by atoms with E-state index in [0.717, 1.165) is 72.7 Å². The van der Waals surface area contributed by atoms with E-state index in [2.05, 4.69) is 48.5 Å². The van der Waals surface area contributed by atoms with Gasteiger partial charge in [-0.2, -0.15) is 0 Å². The van der Waals surface area contributed by atoms with Gasteiger partial charge in [-0.3, -0.25) is 9.69 Å². The normalized spacial score (nSPS) is 17.9. The summed E-state index contributed by atoms with van der Waals surface area (Å²) in [7, 11) is 1.71. The summed E-state index contributed by atoms with van der Waals surface area (Å²) in [6.45, 7) is 5.20. The monoisotopic (exact) mass is 499 g/mol. The molecule has 2 aromatic heterocycles. The summed E-state index contributed by atoms with van der Waals surface area (Å²) < 4.78 is 7.60. The summed E-state index contributed by atoms with van der Waals surface area (Å²) >= 11 is 0. The molecule has 9 heteroatoms. The lowest BCUT2D eigenvalue weighted by atomic mass is 10.0. The van der Waals surface area contributed by atoms with E-state index in [9.17, 15) is 4.79 Å². The molecular weight excluding hydrogens is 466 g/mol. The van der Waals surface area contributed by atoms with Crippen molar-refractivity contribution in [1.82, 2.24) is 30.1 Å². The van der Waals surface area contributed by atoms with Gasteiger partial charge >= 0.3 is 0 Å². The van der Waals surface area contributed by atoms with E-state index >= 15 is 0 Å². The van der Waals surface area contributed by atoms with Gasteiger partial charge in [0.1, 0.15) is 11.8 Å². The average molecular weight is 500 g/mol. The smallest absolute Gasteiger partial charge is 0.253 e. The lowest BCUT2D eigenvalue weighted by molar-refractivity contribution is 0.196. The van der Waals surface area contributed by atoms with Crippen LogP contribution in [0.2, 0.25) is 0 Å². The van der Waals surface area contributed by atoms with E-state index in [1.54, 1.807) is 7.11 Å². The van der Waals surface area contributed by atoms with Gasteiger partial charge in [-0.1, -0.05) is 37.1 Å². The summed E-state index contributed by atoms with van der Waals surface area (Å²) in [4.78, 5) is 21.4. The van der Waals surface area contributed by atoms with E-state index in [1.165, 1.54) is 12.8 Å². The van der Waals surface area contributed by atoms with Crippen LogP contribution in [-0.2, 0) is 0 Å². The molecule has 4 aromatic rings. The Bertz CT molecular complexity index is 1450. The van der Waals surface area contributed by atoms with Crippen molar-refractivity contribution in [2.24, 2.45) is 0 Å². The number of anilines is 1. The van der Waals surface area contributed by atoms with E-state index in [0.29, 0.717) is 5.56 Å². The van der Waals surface area contributed by atoms with Gasteiger partial charge in [0, 0.05) is 37.3 Å². The number of aromatic amines is 1. The van der Waals surface area contributed by atoms with Crippen LogP contribution in [0.3, 0.4) is 0 Å². The van der Waals surface area contributed by atoms with E-state index < -0.39 is 0 Å². The van der Waals surface area contributed by atoms with Gasteiger partial charge in [0.15, 0.2) is 5.82 Å². The summed E-state index contributed by atoms with van der Waals surface area (Å²) in [5, 5.41) is 14.0. The molecule has 0 unspecified atom stereocenters. The number of pyridine rings is 1. The van der Waals surface area contributed by atoms with E-state index in [-0.39, 0.29) is 17.6 Å². The number of nitrogens with one attached hydrogen (secondary N) is 1. The number of piperazine rings is 1. The van der Waals surface area contributed by atoms with Gasteiger partial charge in [-0.15, -0.1) is 5.10 Å². The molecule has 6 rings (SSSR count). The first kappa shape index (κ1) is 23.7. The molecule has 2 fully saturated rings. The molecule has 0 spiro atoms. The number of aromatic nitrogens is 5. The first-order chi connectivity index (χ1) is 18.1. The van der Waals surface area contributed by atoms with Gasteiger partial charge in [0.2, 0.25) is 0 Å². The number of nitrogens with zero attached hydrogens (tertiary/aromatic N) is 6. The van der Waals surface area contributed by atoms with Crippen molar-refractivity contribution in [2.45, 2.75) is 44.7 Å². The van der Waals surface area contributed by atoms with Crippen molar-refractivity contribution in [2.75, 3.05) is 38.2 Å². The summed E-state index contributed by atoms with van der Waals surface area (Å²) in [5.74, 6) is 1.63. The number of rotatable bonds is 6. The Labute approximate surface area is 216 Å². The van der Waals surface area contributed by atoms with Crippen molar-refractivity contribution in [1.29, 1.82) is 0 Å². The highest BCUT2D eigenvalue weighted by molar-refractivity contribution is 5.79. The molecule has 1 saturated heterocycles. The highest BCUT2D eigenvalue weighted by Gasteiger charge is 2.35. The number of tetrazole rings is 1. The minimum atomic E-state index is -0.329. The number of methoxy groups -OCH3 is 1. The fourth-order valence-corrected chi connectivity index (χ4v) is 5.94. The van der Waals surface area contributed by atoms with Crippen molar-refractivity contribution >= 4 is 16.6 Å². The first-order valence-corrected chi connectivity index (χ1v) is 13.2. The number of hydrogen-bond acceptors (Lipinski definition) is 7. The minimum absolute atomic E-state index is 0.0868. The molecule has 2 aromatic carbocycles. The van der Waals surface area contributed by atoms with Crippen LogP contribution in [-0.4, -0.2) is 63.4 Å². The molecular formula is C28H33N7O2. The molecule has 0 bridgehead atoms. The van der Waals surface area contributed by atoms with Gasteiger partial charge in [0.05, 0.1) is 18.8 Å². The van der Waals surface area contributed by atoms with Crippen molar-refractivity contribution in [3.8, 4) is 5.75 Å². The number of hydrogen-bond donors (Lipinski definition) is 1. The van der Waals surface area contributed by atoms with Crippen LogP contribution >= 0.6 is 0 Å². The number of benzene rings is 2. The second-order valence-corrected chi connectivity index (χ2v) is 10.2. The Kier molecular flexibility index (Phi) is 6.38. The number of fused-ring (bicyclic) bond motifs is 1. The number of para-hydroxylation sites is 2. The molecule has 1 N–H and O–H groups in total.